The Morgan fingerprint density at radius 2 is 0.862 bits per heavy atom. The molecule has 0 radical (unpaired) electrons. The minimum absolute atomic E-state index is 0.195. The molecule has 2 amide bonds. The van der Waals surface area contributed by atoms with Crippen molar-refractivity contribution in [1.82, 2.24) is 19.6 Å². The van der Waals surface area contributed by atoms with Crippen molar-refractivity contribution in [2.45, 2.75) is 48.0 Å². The number of amides is 2. The first-order valence-corrected chi connectivity index (χ1v) is 11.0. The number of hydrogen-bond donors (Lipinski definition) is 0. The van der Waals surface area contributed by atoms with Crippen LogP contribution in [0.15, 0.2) is 22.3 Å². The van der Waals surface area contributed by atoms with Crippen LogP contribution >= 0.6 is 0 Å². The van der Waals surface area contributed by atoms with Crippen LogP contribution in [0.4, 0.5) is 0 Å². The van der Waals surface area contributed by atoms with Crippen molar-refractivity contribution in [2.75, 3.05) is 65.4 Å². The van der Waals surface area contributed by atoms with E-state index in [2.05, 4.69) is 9.80 Å². The Balaban J connectivity index is 1.65. The molecule has 0 aromatic heterocycles. The third kappa shape index (κ3) is 6.68. The molecule has 2 heterocycles. The van der Waals surface area contributed by atoms with E-state index < -0.39 is 0 Å². The molecule has 6 nitrogen and oxygen atoms in total. The van der Waals surface area contributed by atoms with Gasteiger partial charge in [-0.2, -0.15) is 0 Å². The number of piperazine rings is 2. The van der Waals surface area contributed by atoms with E-state index in [1.54, 1.807) is 0 Å². The van der Waals surface area contributed by atoms with Crippen molar-refractivity contribution in [2.24, 2.45) is 0 Å². The predicted octanol–water partition coefficient (Wildman–Crippen LogP) is 2.38. The minimum atomic E-state index is 0.195. The summed E-state index contributed by atoms with van der Waals surface area (Å²) in [6.45, 7) is 21.2. The summed E-state index contributed by atoms with van der Waals surface area (Å²) in [6.07, 6.45) is 1.14. The Kier molecular flexibility index (Phi) is 8.90. The third-order valence-electron chi connectivity index (χ3n) is 6.41. The number of allylic oxidation sites excluding steroid dienone is 2. The lowest BCUT2D eigenvalue weighted by Crippen LogP contribution is -2.50. The molecule has 2 fully saturated rings. The van der Waals surface area contributed by atoms with Crippen LogP contribution < -0.4 is 0 Å². The Bertz CT molecular complexity index is 588. The van der Waals surface area contributed by atoms with E-state index in [4.69, 9.17) is 0 Å². The number of rotatable bonds is 6. The molecule has 0 unspecified atom stereocenters. The zero-order valence-corrected chi connectivity index (χ0v) is 19.4. The fourth-order valence-electron chi connectivity index (χ4n) is 3.77. The maximum atomic E-state index is 12.4. The van der Waals surface area contributed by atoms with E-state index in [1.807, 2.05) is 51.3 Å². The maximum Gasteiger partial charge on any atom is 0.249 e. The van der Waals surface area contributed by atoms with Crippen molar-refractivity contribution in [3.8, 4) is 0 Å². The lowest BCUT2D eigenvalue weighted by Gasteiger charge is -2.37. The molecule has 0 saturated carbocycles. The van der Waals surface area contributed by atoms with Crippen molar-refractivity contribution < 1.29 is 9.59 Å². The van der Waals surface area contributed by atoms with Crippen LogP contribution in [0, 0.1) is 0 Å². The van der Waals surface area contributed by atoms with Gasteiger partial charge in [-0.3, -0.25) is 19.4 Å². The van der Waals surface area contributed by atoms with Crippen LogP contribution in [0.5, 0.6) is 0 Å². The SMILES string of the molecule is CC(C)=C(C)C(=O)N1CCN(CCCN2CCN(C(=O)C(C)=C(C)C)CC2)CC1. The molecule has 2 aliphatic rings. The van der Waals surface area contributed by atoms with Crippen molar-refractivity contribution in [1.29, 1.82) is 0 Å². The molecule has 2 aliphatic heterocycles. The van der Waals surface area contributed by atoms with Gasteiger partial charge in [0.1, 0.15) is 0 Å². The number of hydrogen-bond acceptors (Lipinski definition) is 4. The first-order chi connectivity index (χ1) is 13.7. The normalized spacial score (nSPS) is 18.6. The van der Waals surface area contributed by atoms with E-state index in [9.17, 15) is 9.59 Å². The third-order valence-corrected chi connectivity index (χ3v) is 6.41. The maximum absolute atomic E-state index is 12.4. The van der Waals surface area contributed by atoms with Gasteiger partial charge in [-0.15, -0.1) is 0 Å². The van der Waals surface area contributed by atoms with Gasteiger partial charge in [-0.25, -0.2) is 0 Å². The van der Waals surface area contributed by atoms with Gasteiger partial charge in [0.2, 0.25) is 11.8 Å². The highest BCUT2D eigenvalue weighted by Gasteiger charge is 2.24. The summed E-state index contributed by atoms with van der Waals surface area (Å²) in [4.78, 5) is 33.8. The first kappa shape index (κ1) is 23.6. The first-order valence-electron chi connectivity index (χ1n) is 11.0. The molecule has 0 atom stereocenters. The van der Waals surface area contributed by atoms with E-state index in [0.717, 1.165) is 94.2 Å². The lowest BCUT2D eigenvalue weighted by atomic mass is 10.1. The summed E-state index contributed by atoms with van der Waals surface area (Å²) >= 11 is 0. The summed E-state index contributed by atoms with van der Waals surface area (Å²) in [5.74, 6) is 0.390. The van der Waals surface area contributed by atoms with Gasteiger partial charge in [-0.05, 0) is 61.1 Å². The molecule has 29 heavy (non-hydrogen) atoms. The molecule has 0 aromatic carbocycles. The van der Waals surface area contributed by atoms with Crippen molar-refractivity contribution >= 4 is 11.8 Å². The average molecular weight is 405 g/mol. The van der Waals surface area contributed by atoms with Crippen LogP contribution in [0.1, 0.15) is 48.0 Å². The van der Waals surface area contributed by atoms with Gasteiger partial charge in [0, 0.05) is 63.5 Å². The summed E-state index contributed by atoms with van der Waals surface area (Å²) in [6, 6.07) is 0. The van der Waals surface area contributed by atoms with E-state index in [1.165, 1.54) is 0 Å². The summed E-state index contributed by atoms with van der Waals surface area (Å²) < 4.78 is 0. The predicted molar refractivity (Wildman–Crippen MR) is 119 cm³/mol. The zero-order valence-electron chi connectivity index (χ0n) is 19.4. The minimum Gasteiger partial charge on any atom is -0.336 e. The molecule has 2 rings (SSSR count). The second-order valence-electron chi connectivity index (χ2n) is 8.87. The fourth-order valence-corrected chi connectivity index (χ4v) is 3.77. The number of nitrogens with zero attached hydrogens (tertiary/aromatic N) is 4. The molecule has 2 saturated heterocycles. The van der Waals surface area contributed by atoms with Gasteiger partial charge < -0.3 is 9.80 Å². The highest BCUT2D eigenvalue weighted by molar-refractivity contribution is 5.94. The van der Waals surface area contributed by atoms with Crippen molar-refractivity contribution in [3.63, 3.8) is 0 Å². The highest BCUT2D eigenvalue weighted by atomic mass is 16.2. The second-order valence-corrected chi connectivity index (χ2v) is 8.87. The smallest absolute Gasteiger partial charge is 0.249 e. The summed E-state index contributed by atoms with van der Waals surface area (Å²) in [5.41, 5.74) is 3.98. The van der Waals surface area contributed by atoms with E-state index >= 15 is 0 Å². The van der Waals surface area contributed by atoms with Crippen LogP contribution in [-0.4, -0.2) is 96.9 Å². The van der Waals surface area contributed by atoms with Gasteiger partial charge in [-0.1, -0.05) is 11.1 Å². The molecule has 6 heteroatoms. The fraction of sp³-hybridized carbons (Fsp3) is 0.739. The van der Waals surface area contributed by atoms with E-state index in [-0.39, 0.29) is 11.8 Å². The van der Waals surface area contributed by atoms with Gasteiger partial charge in [0.15, 0.2) is 0 Å². The quantitative estimate of drug-likeness (QED) is 0.638. The summed E-state index contributed by atoms with van der Waals surface area (Å²) in [7, 11) is 0. The molecule has 0 N–H and O–H groups in total. The van der Waals surface area contributed by atoms with E-state index in [0.29, 0.717) is 0 Å². The average Bonchev–Trinajstić information content (AvgIpc) is 2.72. The molecule has 0 aliphatic carbocycles. The van der Waals surface area contributed by atoms with Crippen LogP contribution in [0.2, 0.25) is 0 Å². The number of carbonyl (C=O) groups is 2. The van der Waals surface area contributed by atoms with Crippen LogP contribution in [0.25, 0.3) is 0 Å². The molecule has 0 bridgehead atoms. The molecular weight excluding hydrogens is 364 g/mol. The lowest BCUT2D eigenvalue weighted by molar-refractivity contribution is -0.129. The zero-order chi connectivity index (χ0) is 21.6. The Morgan fingerprint density at radius 1 is 0.552 bits per heavy atom. The van der Waals surface area contributed by atoms with Crippen LogP contribution in [0.3, 0.4) is 0 Å². The Labute approximate surface area is 177 Å². The van der Waals surface area contributed by atoms with Crippen molar-refractivity contribution in [3.05, 3.63) is 22.3 Å². The van der Waals surface area contributed by atoms with Gasteiger partial charge >= 0.3 is 0 Å². The molecule has 0 aromatic rings. The second kappa shape index (κ2) is 10.9. The number of carbonyl (C=O) groups excluding carboxylic acids is 2. The standard InChI is InChI=1S/C23H40N4O2/c1-18(2)20(5)22(28)26-14-10-24(11-15-26)8-7-9-25-12-16-27(17-13-25)23(29)21(6)19(3)4/h7-17H2,1-6H3. The van der Waals surface area contributed by atoms with Crippen LogP contribution in [-0.2, 0) is 9.59 Å². The highest BCUT2D eigenvalue weighted by Crippen LogP contribution is 2.12. The van der Waals surface area contributed by atoms with Gasteiger partial charge in [0.05, 0.1) is 0 Å². The molecular formula is C23H40N4O2. The largest absolute Gasteiger partial charge is 0.336 e. The molecule has 164 valence electrons. The van der Waals surface area contributed by atoms with Gasteiger partial charge in [0.25, 0.3) is 0 Å². The Hall–Kier alpha value is -1.66. The summed E-state index contributed by atoms with van der Waals surface area (Å²) in [5, 5.41) is 0. The Morgan fingerprint density at radius 3 is 1.14 bits per heavy atom. The monoisotopic (exact) mass is 404 g/mol. The molecule has 0 spiro atoms. The topological polar surface area (TPSA) is 47.1 Å².